The molecule has 2 unspecified atom stereocenters. The number of ether oxygens (including phenoxy) is 1. The van der Waals surface area contributed by atoms with E-state index in [-0.39, 0.29) is 0 Å². The monoisotopic (exact) mass is 351 g/mol. The van der Waals surface area contributed by atoms with Gasteiger partial charge in [-0.05, 0) is 67.5 Å². The Bertz CT molecular complexity index is 645. The Morgan fingerprint density at radius 2 is 1.69 bits per heavy atom. The normalized spacial score (nSPS) is 20.1. The molecule has 140 valence electrons. The van der Waals surface area contributed by atoms with Crippen molar-refractivity contribution >= 4 is 0 Å². The van der Waals surface area contributed by atoms with Gasteiger partial charge >= 0.3 is 0 Å². The van der Waals surface area contributed by atoms with Gasteiger partial charge in [0, 0.05) is 11.8 Å². The van der Waals surface area contributed by atoms with Crippen molar-refractivity contribution in [2.24, 2.45) is 11.8 Å². The van der Waals surface area contributed by atoms with Crippen molar-refractivity contribution in [2.75, 3.05) is 6.61 Å². The van der Waals surface area contributed by atoms with Crippen molar-refractivity contribution in [2.45, 2.75) is 65.2 Å². The van der Waals surface area contributed by atoms with Crippen LogP contribution in [0, 0.1) is 18.8 Å². The van der Waals surface area contributed by atoms with Gasteiger partial charge in [-0.1, -0.05) is 51.5 Å². The van der Waals surface area contributed by atoms with E-state index in [2.05, 4.69) is 55.2 Å². The maximum atomic E-state index is 5.98. The van der Waals surface area contributed by atoms with E-state index in [4.69, 9.17) is 4.74 Å². The van der Waals surface area contributed by atoms with Crippen molar-refractivity contribution in [3.8, 4) is 17.0 Å². The second kappa shape index (κ2) is 9.75. The highest BCUT2D eigenvalue weighted by molar-refractivity contribution is 5.60. The largest absolute Gasteiger partial charge is 0.494 e. The number of hydrogen-bond donors (Lipinski definition) is 0. The summed E-state index contributed by atoms with van der Waals surface area (Å²) < 4.78 is 5.98. The van der Waals surface area contributed by atoms with Gasteiger partial charge in [0.1, 0.15) is 5.75 Å². The van der Waals surface area contributed by atoms with Crippen molar-refractivity contribution in [3.63, 3.8) is 0 Å². The van der Waals surface area contributed by atoms with E-state index in [9.17, 15) is 0 Å². The van der Waals surface area contributed by atoms with Crippen molar-refractivity contribution < 1.29 is 4.74 Å². The van der Waals surface area contributed by atoms with Crippen LogP contribution in [0.2, 0.25) is 0 Å². The maximum absolute atomic E-state index is 5.98. The molecule has 2 heteroatoms. The first-order chi connectivity index (χ1) is 12.8. The molecule has 1 aliphatic rings. The van der Waals surface area contributed by atoms with Gasteiger partial charge in [0.2, 0.25) is 0 Å². The second-order valence-corrected chi connectivity index (χ2v) is 7.83. The summed E-state index contributed by atoms with van der Waals surface area (Å²) >= 11 is 0. The Kier molecular flexibility index (Phi) is 7.11. The SMILES string of the molecule is CCCC1CCCCC1CCCOc1ccc(-c2ccc(C)cn2)cc1. The molecule has 3 rings (SSSR count). The van der Waals surface area contributed by atoms with E-state index in [1.54, 1.807) is 0 Å². The molecule has 1 fully saturated rings. The molecule has 1 heterocycles. The molecular formula is C24H33NO. The van der Waals surface area contributed by atoms with E-state index in [0.717, 1.165) is 35.4 Å². The molecule has 0 radical (unpaired) electrons. The van der Waals surface area contributed by atoms with E-state index in [1.165, 1.54) is 56.9 Å². The number of nitrogens with zero attached hydrogens (tertiary/aromatic N) is 1. The van der Waals surface area contributed by atoms with Gasteiger partial charge in [-0.15, -0.1) is 0 Å². The van der Waals surface area contributed by atoms with E-state index in [0.29, 0.717) is 0 Å². The number of aryl methyl sites for hydroxylation is 1. The van der Waals surface area contributed by atoms with Crippen LogP contribution in [0.5, 0.6) is 5.75 Å². The predicted octanol–water partition coefficient (Wildman–Crippen LogP) is 6.82. The quantitative estimate of drug-likeness (QED) is 0.487. The van der Waals surface area contributed by atoms with Crippen LogP contribution in [0.4, 0.5) is 0 Å². The molecule has 1 aromatic carbocycles. The summed E-state index contributed by atoms with van der Waals surface area (Å²) in [6.45, 7) is 5.22. The third-order valence-corrected chi connectivity index (χ3v) is 5.78. The van der Waals surface area contributed by atoms with Gasteiger partial charge in [-0.3, -0.25) is 4.98 Å². The number of aromatic nitrogens is 1. The zero-order valence-electron chi connectivity index (χ0n) is 16.4. The summed E-state index contributed by atoms with van der Waals surface area (Å²) in [5, 5.41) is 0. The Hall–Kier alpha value is -1.83. The lowest BCUT2D eigenvalue weighted by Crippen LogP contribution is -2.20. The summed E-state index contributed by atoms with van der Waals surface area (Å²) in [5.74, 6) is 2.87. The van der Waals surface area contributed by atoms with Gasteiger partial charge in [0.15, 0.2) is 0 Å². The number of hydrogen-bond acceptors (Lipinski definition) is 2. The van der Waals surface area contributed by atoms with Crippen LogP contribution in [0.1, 0.15) is 63.9 Å². The number of rotatable bonds is 8. The van der Waals surface area contributed by atoms with Crippen LogP contribution in [0.15, 0.2) is 42.6 Å². The minimum absolute atomic E-state index is 0.831. The fourth-order valence-corrected chi connectivity index (χ4v) is 4.31. The number of benzene rings is 1. The zero-order chi connectivity index (χ0) is 18.2. The van der Waals surface area contributed by atoms with Crippen LogP contribution in [-0.2, 0) is 0 Å². The Balaban J connectivity index is 1.44. The summed E-state index contributed by atoms with van der Waals surface area (Å²) in [4.78, 5) is 4.49. The Morgan fingerprint density at radius 1 is 0.962 bits per heavy atom. The lowest BCUT2D eigenvalue weighted by molar-refractivity contribution is 0.193. The lowest BCUT2D eigenvalue weighted by Gasteiger charge is -2.31. The molecule has 0 saturated heterocycles. The van der Waals surface area contributed by atoms with Crippen LogP contribution in [0.25, 0.3) is 11.3 Å². The van der Waals surface area contributed by atoms with Gasteiger partial charge in [-0.2, -0.15) is 0 Å². The topological polar surface area (TPSA) is 22.1 Å². The summed E-state index contributed by atoms with van der Waals surface area (Å²) in [7, 11) is 0. The number of pyridine rings is 1. The third-order valence-electron chi connectivity index (χ3n) is 5.78. The van der Waals surface area contributed by atoms with E-state index >= 15 is 0 Å². The molecule has 1 aromatic heterocycles. The molecule has 2 nitrogen and oxygen atoms in total. The van der Waals surface area contributed by atoms with Crippen molar-refractivity contribution in [1.82, 2.24) is 4.98 Å². The molecule has 1 saturated carbocycles. The standard InChI is InChI=1S/C24H33NO/c1-3-7-20-8-4-5-9-21(20)10-6-17-26-23-14-12-22(13-15-23)24-16-11-19(2)18-25-24/h11-16,18,20-21H,3-10,17H2,1-2H3. The highest BCUT2D eigenvalue weighted by Gasteiger charge is 2.23. The van der Waals surface area contributed by atoms with E-state index < -0.39 is 0 Å². The lowest BCUT2D eigenvalue weighted by atomic mass is 9.75. The Morgan fingerprint density at radius 3 is 2.35 bits per heavy atom. The highest BCUT2D eigenvalue weighted by atomic mass is 16.5. The second-order valence-electron chi connectivity index (χ2n) is 7.83. The fourth-order valence-electron chi connectivity index (χ4n) is 4.31. The maximum Gasteiger partial charge on any atom is 0.119 e. The summed E-state index contributed by atoms with van der Waals surface area (Å²) in [6, 6.07) is 12.5. The minimum Gasteiger partial charge on any atom is -0.494 e. The van der Waals surface area contributed by atoms with Crippen molar-refractivity contribution in [1.29, 1.82) is 0 Å². The summed E-state index contributed by atoms with van der Waals surface area (Å²) in [6.07, 6.45) is 12.9. The van der Waals surface area contributed by atoms with Crippen LogP contribution in [0.3, 0.4) is 0 Å². The van der Waals surface area contributed by atoms with Crippen LogP contribution < -0.4 is 4.74 Å². The molecule has 0 N–H and O–H groups in total. The van der Waals surface area contributed by atoms with E-state index in [1.807, 2.05) is 6.20 Å². The van der Waals surface area contributed by atoms with Crippen LogP contribution >= 0.6 is 0 Å². The fraction of sp³-hybridized carbons (Fsp3) is 0.542. The average Bonchev–Trinajstić information content (AvgIpc) is 2.68. The first-order valence-corrected chi connectivity index (χ1v) is 10.4. The molecule has 1 aliphatic carbocycles. The zero-order valence-corrected chi connectivity index (χ0v) is 16.4. The predicted molar refractivity (Wildman–Crippen MR) is 109 cm³/mol. The minimum atomic E-state index is 0.831. The average molecular weight is 352 g/mol. The third kappa shape index (κ3) is 5.33. The molecule has 0 bridgehead atoms. The van der Waals surface area contributed by atoms with Gasteiger partial charge in [0.25, 0.3) is 0 Å². The van der Waals surface area contributed by atoms with Crippen LogP contribution in [-0.4, -0.2) is 11.6 Å². The molecule has 0 aliphatic heterocycles. The van der Waals surface area contributed by atoms with Gasteiger partial charge < -0.3 is 4.74 Å². The molecular weight excluding hydrogens is 318 g/mol. The van der Waals surface area contributed by atoms with Gasteiger partial charge in [0.05, 0.1) is 12.3 Å². The van der Waals surface area contributed by atoms with Crippen molar-refractivity contribution in [3.05, 3.63) is 48.2 Å². The molecule has 2 aromatic rings. The first kappa shape index (κ1) is 18.9. The Labute approximate surface area is 159 Å². The molecule has 0 spiro atoms. The molecule has 0 amide bonds. The smallest absolute Gasteiger partial charge is 0.119 e. The molecule has 26 heavy (non-hydrogen) atoms. The summed E-state index contributed by atoms with van der Waals surface area (Å²) in [5.41, 5.74) is 3.34. The molecule has 2 atom stereocenters. The highest BCUT2D eigenvalue weighted by Crippen LogP contribution is 2.36. The van der Waals surface area contributed by atoms with Gasteiger partial charge in [-0.25, -0.2) is 0 Å². The first-order valence-electron chi connectivity index (χ1n) is 10.4.